The monoisotopic (exact) mass is 140 g/mol. The molecule has 2 aromatic rings. The molecule has 0 atom stereocenters. The number of nitrogens with two attached hydrogens (primary N) is 1. The summed E-state index contributed by atoms with van der Waals surface area (Å²) < 4.78 is 1.48. The van der Waals surface area contributed by atoms with Crippen LogP contribution in [-0.2, 0) is 0 Å². The number of nitrogen functional groups attached to an aromatic ring is 1. The summed E-state index contributed by atoms with van der Waals surface area (Å²) in [5, 5.41) is 8.13. The van der Waals surface area contributed by atoms with E-state index in [1.54, 1.807) is 6.07 Å². The van der Waals surface area contributed by atoms with Crippen molar-refractivity contribution < 1.29 is 0 Å². The molecule has 0 aromatic carbocycles. The highest BCUT2D eigenvalue weighted by atomic mass is 32.1. The average Bonchev–Trinajstić information content (AvgIpc) is 2.25. The molecule has 5 heteroatoms. The van der Waals surface area contributed by atoms with Gasteiger partial charge in [0.25, 0.3) is 0 Å². The second-order valence-corrected chi connectivity index (χ2v) is 2.23. The van der Waals surface area contributed by atoms with E-state index in [1.807, 2.05) is 0 Å². The smallest absolute Gasteiger partial charge is 0.155 e. The van der Waals surface area contributed by atoms with Crippen molar-refractivity contribution in [1.82, 2.24) is 14.8 Å². The van der Waals surface area contributed by atoms with E-state index in [4.69, 9.17) is 5.73 Å². The summed E-state index contributed by atoms with van der Waals surface area (Å²) in [6.07, 6.45) is 0. The number of thiol groups is 1. The normalized spacial score (nSPS) is 11.2. The maximum absolute atomic E-state index is 5.49. The highest BCUT2D eigenvalue weighted by Crippen LogP contribution is 2.18. The van der Waals surface area contributed by atoms with Crippen molar-refractivity contribution in [3.63, 3.8) is 0 Å². The summed E-state index contributed by atoms with van der Waals surface area (Å²) in [4.78, 5) is 0. The Morgan fingerprint density at radius 3 is 2.67 bits per heavy atom. The van der Waals surface area contributed by atoms with Crippen LogP contribution in [0.25, 0.3) is 5.52 Å². The third kappa shape index (κ3) is 0.443. The van der Waals surface area contributed by atoms with Crippen LogP contribution in [0, 0.1) is 0 Å². The molecule has 2 bridgehead atoms. The molecule has 0 fully saturated rings. The number of nitrogens with zero attached hydrogens (tertiary/aromatic N) is 3. The second kappa shape index (κ2) is 1.30. The quantitative estimate of drug-likeness (QED) is 0.508. The number of fused-ring (bicyclic) bond motifs is 2. The molecule has 0 aliphatic carbocycles. The van der Waals surface area contributed by atoms with Gasteiger partial charge in [0.15, 0.2) is 5.82 Å². The van der Waals surface area contributed by atoms with Gasteiger partial charge in [-0.15, -0.1) is 17.7 Å². The van der Waals surface area contributed by atoms with Crippen molar-refractivity contribution in [2.24, 2.45) is 0 Å². The molecule has 0 unspecified atom stereocenters. The van der Waals surface area contributed by atoms with E-state index < -0.39 is 0 Å². The Hall–Kier alpha value is -0.970. The lowest BCUT2D eigenvalue weighted by Crippen LogP contribution is -1.91. The van der Waals surface area contributed by atoms with Crippen LogP contribution >= 0.6 is 12.6 Å². The number of anilines is 1. The van der Waals surface area contributed by atoms with E-state index in [2.05, 4.69) is 22.9 Å². The molecule has 2 heterocycles. The summed E-state index contributed by atoms with van der Waals surface area (Å²) >= 11 is 4.07. The van der Waals surface area contributed by atoms with Crippen molar-refractivity contribution >= 4 is 24.0 Å². The van der Waals surface area contributed by atoms with Gasteiger partial charge in [0.05, 0.1) is 0 Å². The van der Waals surface area contributed by atoms with Gasteiger partial charge in [0, 0.05) is 6.07 Å². The topological polar surface area (TPSA) is 56.2 Å². The van der Waals surface area contributed by atoms with Crippen molar-refractivity contribution in [3.05, 3.63) is 6.07 Å². The maximum atomic E-state index is 5.49. The van der Waals surface area contributed by atoms with E-state index in [1.165, 1.54) is 4.52 Å². The summed E-state index contributed by atoms with van der Waals surface area (Å²) in [7, 11) is 0. The van der Waals surface area contributed by atoms with Gasteiger partial charge in [-0.25, -0.2) is 0 Å². The van der Waals surface area contributed by atoms with Gasteiger partial charge in [0.2, 0.25) is 0 Å². The molecule has 4 nitrogen and oxygen atoms in total. The first-order valence-corrected chi connectivity index (χ1v) is 2.86. The molecule has 0 radical (unpaired) electrons. The van der Waals surface area contributed by atoms with E-state index in [9.17, 15) is 0 Å². The highest BCUT2D eigenvalue weighted by Gasteiger charge is 2.07. The Balaban J connectivity index is 3.01. The number of aromatic nitrogens is 3. The summed E-state index contributed by atoms with van der Waals surface area (Å²) in [5.41, 5.74) is 6.20. The SMILES string of the molecule is Nc1c2cc(S)n1nn2. The van der Waals surface area contributed by atoms with Crippen LogP contribution in [0.1, 0.15) is 0 Å². The van der Waals surface area contributed by atoms with Gasteiger partial charge in [-0.3, -0.25) is 0 Å². The number of hydrogen-bond acceptors (Lipinski definition) is 4. The van der Waals surface area contributed by atoms with Gasteiger partial charge in [0.1, 0.15) is 10.5 Å². The third-order valence-electron chi connectivity index (χ3n) is 1.22. The zero-order chi connectivity index (χ0) is 6.43. The van der Waals surface area contributed by atoms with E-state index >= 15 is 0 Å². The molecular formula is C4H4N4S. The average molecular weight is 140 g/mol. The van der Waals surface area contributed by atoms with Crippen LogP contribution in [0.3, 0.4) is 0 Å². The molecule has 9 heavy (non-hydrogen) atoms. The molecule has 0 aliphatic rings. The molecule has 2 rings (SSSR count). The van der Waals surface area contributed by atoms with Crippen molar-refractivity contribution in [1.29, 1.82) is 0 Å². The zero-order valence-electron chi connectivity index (χ0n) is 4.44. The minimum atomic E-state index is 0.569. The number of rotatable bonds is 0. The lowest BCUT2D eigenvalue weighted by atomic mass is 10.6. The largest absolute Gasteiger partial charge is 0.382 e. The molecule has 2 N–H and O–H groups in total. The van der Waals surface area contributed by atoms with Crippen LogP contribution in [-0.4, -0.2) is 14.8 Å². The lowest BCUT2D eigenvalue weighted by molar-refractivity contribution is 0.779. The molecule has 2 aromatic heterocycles. The Bertz CT molecular complexity index is 327. The molecule has 46 valence electrons. The van der Waals surface area contributed by atoms with Gasteiger partial charge < -0.3 is 5.73 Å². The predicted octanol–water partition coefficient (Wildman–Crippen LogP) is 0.0380. The fraction of sp³-hybridized carbons (Fsp3) is 0. The second-order valence-electron chi connectivity index (χ2n) is 1.77. The van der Waals surface area contributed by atoms with Gasteiger partial charge in [-0.2, -0.15) is 4.52 Å². The Morgan fingerprint density at radius 2 is 2.44 bits per heavy atom. The van der Waals surface area contributed by atoms with Crippen LogP contribution < -0.4 is 5.73 Å². The molecule has 0 amide bonds. The van der Waals surface area contributed by atoms with E-state index in [0.29, 0.717) is 11.3 Å². The van der Waals surface area contributed by atoms with Gasteiger partial charge >= 0.3 is 0 Å². The highest BCUT2D eigenvalue weighted by molar-refractivity contribution is 7.80. The summed E-state index contributed by atoms with van der Waals surface area (Å²) in [5.74, 6) is 0.569. The number of hydrogen-bond donors (Lipinski definition) is 2. The standard InChI is InChI=1S/C4H4N4S/c5-4-2-1-3(9)8(4)7-6-2/h1,9H,5H2. The zero-order valence-corrected chi connectivity index (χ0v) is 5.34. The van der Waals surface area contributed by atoms with Gasteiger partial charge in [-0.05, 0) is 0 Å². The molecule has 0 aliphatic heterocycles. The van der Waals surface area contributed by atoms with Crippen LogP contribution in [0.5, 0.6) is 0 Å². The molecular weight excluding hydrogens is 136 g/mol. The lowest BCUT2D eigenvalue weighted by Gasteiger charge is -1.84. The van der Waals surface area contributed by atoms with Crippen molar-refractivity contribution in [3.8, 4) is 0 Å². The predicted molar refractivity (Wildman–Crippen MR) is 35.8 cm³/mol. The van der Waals surface area contributed by atoms with Crippen molar-refractivity contribution in [2.75, 3.05) is 5.73 Å². The summed E-state index contributed by atoms with van der Waals surface area (Å²) in [6.45, 7) is 0. The molecule has 0 saturated heterocycles. The third-order valence-corrected chi connectivity index (χ3v) is 1.53. The van der Waals surface area contributed by atoms with Gasteiger partial charge in [-0.1, -0.05) is 5.21 Å². The Morgan fingerprint density at radius 1 is 1.67 bits per heavy atom. The summed E-state index contributed by atoms with van der Waals surface area (Å²) in [6, 6.07) is 1.77. The Kier molecular flexibility index (Phi) is 0.702. The van der Waals surface area contributed by atoms with Crippen LogP contribution in [0.4, 0.5) is 5.82 Å². The minimum absolute atomic E-state index is 0.569. The Labute approximate surface area is 56.4 Å². The minimum Gasteiger partial charge on any atom is -0.382 e. The van der Waals surface area contributed by atoms with Crippen molar-refractivity contribution in [2.45, 2.75) is 5.03 Å². The molecule has 0 saturated carbocycles. The first-order valence-electron chi connectivity index (χ1n) is 2.41. The van der Waals surface area contributed by atoms with E-state index in [-0.39, 0.29) is 0 Å². The first kappa shape index (κ1) is 4.87. The van der Waals surface area contributed by atoms with E-state index in [0.717, 1.165) is 5.03 Å². The van der Waals surface area contributed by atoms with Crippen LogP contribution in [0.2, 0.25) is 0 Å². The fourth-order valence-electron chi connectivity index (χ4n) is 0.756. The fourth-order valence-corrected chi connectivity index (χ4v) is 1.03. The maximum Gasteiger partial charge on any atom is 0.155 e. The first-order chi connectivity index (χ1) is 4.29. The molecule has 0 spiro atoms. The van der Waals surface area contributed by atoms with Crippen LogP contribution in [0.15, 0.2) is 11.1 Å².